The maximum absolute atomic E-state index is 11.7. The average Bonchev–Trinajstić information content (AvgIpc) is 2.73. The standard InChI is InChI=1S/C26H51NO4/c1-3-4-5-6-7-8-9-10-11-12-13-14-15-16-17-18-19-24(2)31-26(30)21-23-27-22-20-25(28)29/h24,27H,3-23H2,1-2H3,(H,28,29). The summed E-state index contributed by atoms with van der Waals surface area (Å²) in [6, 6.07) is 0. The van der Waals surface area contributed by atoms with E-state index in [1.54, 1.807) is 0 Å². The zero-order valence-corrected chi connectivity index (χ0v) is 20.6. The number of esters is 1. The first kappa shape index (κ1) is 29.9. The minimum Gasteiger partial charge on any atom is -0.481 e. The molecule has 2 N–H and O–H groups in total. The van der Waals surface area contributed by atoms with Crippen molar-refractivity contribution < 1.29 is 19.4 Å². The highest BCUT2D eigenvalue weighted by molar-refractivity contribution is 5.69. The van der Waals surface area contributed by atoms with Crippen LogP contribution >= 0.6 is 0 Å². The number of unbranched alkanes of at least 4 members (excludes halogenated alkanes) is 15. The number of rotatable bonds is 24. The molecule has 0 aliphatic heterocycles. The van der Waals surface area contributed by atoms with Crippen molar-refractivity contribution in [1.82, 2.24) is 5.32 Å². The van der Waals surface area contributed by atoms with E-state index in [1.165, 1.54) is 96.3 Å². The fourth-order valence-corrected chi connectivity index (χ4v) is 3.83. The van der Waals surface area contributed by atoms with Crippen LogP contribution in [0.15, 0.2) is 0 Å². The molecule has 0 aliphatic carbocycles. The predicted molar refractivity (Wildman–Crippen MR) is 129 cm³/mol. The molecular formula is C26H51NO4. The van der Waals surface area contributed by atoms with Gasteiger partial charge in [0, 0.05) is 13.1 Å². The van der Waals surface area contributed by atoms with Gasteiger partial charge in [-0.1, -0.05) is 103 Å². The Kier molecular flexibility index (Phi) is 22.7. The molecule has 5 nitrogen and oxygen atoms in total. The summed E-state index contributed by atoms with van der Waals surface area (Å²) in [6.45, 7) is 5.09. The summed E-state index contributed by atoms with van der Waals surface area (Å²) < 4.78 is 5.41. The molecule has 0 aromatic heterocycles. The van der Waals surface area contributed by atoms with Gasteiger partial charge in [0.1, 0.15) is 0 Å². The third-order valence-corrected chi connectivity index (χ3v) is 5.82. The van der Waals surface area contributed by atoms with Gasteiger partial charge in [0.25, 0.3) is 0 Å². The lowest BCUT2D eigenvalue weighted by atomic mass is 10.0. The molecule has 1 unspecified atom stereocenters. The summed E-state index contributed by atoms with van der Waals surface area (Å²) in [5.74, 6) is -1.03. The van der Waals surface area contributed by atoms with Gasteiger partial charge in [-0.25, -0.2) is 0 Å². The zero-order chi connectivity index (χ0) is 23.0. The van der Waals surface area contributed by atoms with Crippen molar-refractivity contribution in [2.75, 3.05) is 13.1 Å². The van der Waals surface area contributed by atoms with Crippen LogP contribution in [0.4, 0.5) is 0 Å². The second-order valence-corrected chi connectivity index (χ2v) is 9.04. The Morgan fingerprint density at radius 2 is 1.13 bits per heavy atom. The summed E-state index contributed by atoms with van der Waals surface area (Å²) in [4.78, 5) is 22.1. The Balaban J connectivity index is 3.27. The monoisotopic (exact) mass is 441 g/mol. The molecule has 5 heteroatoms. The fraction of sp³-hybridized carbons (Fsp3) is 0.923. The first-order valence-electron chi connectivity index (χ1n) is 13.2. The van der Waals surface area contributed by atoms with E-state index in [9.17, 15) is 9.59 Å². The molecule has 0 saturated heterocycles. The van der Waals surface area contributed by atoms with Gasteiger partial charge in [0.05, 0.1) is 18.9 Å². The Morgan fingerprint density at radius 1 is 0.710 bits per heavy atom. The van der Waals surface area contributed by atoms with Crippen LogP contribution in [-0.2, 0) is 14.3 Å². The third-order valence-electron chi connectivity index (χ3n) is 5.82. The number of aliphatic carboxylic acids is 1. The van der Waals surface area contributed by atoms with E-state index < -0.39 is 5.97 Å². The van der Waals surface area contributed by atoms with Crippen molar-refractivity contribution in [2.24, 2.45) is 0 Å². The molecule has 0 amide bonds. The van der Waals surface area contributed by atoms with E-state index >= 15 is 0 Å². The number of hydrogen-bond donors (Lipinski definition) is 2. The number of hydrogen-bond acceptors (Lipinski definition) is 4. The van der Waals surface area contributed by atoms with Crippen molar-refractivity contribution in [3.8, 4) is 0 Å². The lowest BCUT2D eigenvalue weighted by Gasteiger charge is -2.13. The average molecular weight is 442 g/mol. The Morgan fingerprint density at radius 3 is 1.58 bits per heavy atom. The van der Waals surface area contributed by atoms with Gasteiger partial charge in [-0.15, -0.1) is 0 Å². The molecule has 0 spiro atoms. The van der Waals surface area contributed by atoms with Crippen molar-refractivity contribution in [1.29, 1.82) is 0 Å². The van der Waals surface area contributed by atoms with Crippen LogP contribution in [0.25, 0.3) is 0 Å². The molecule has 31 heavy (non-hydrogen) atoms. The number of carboxylic acid groups (broad SMARTS) is 1. The van der Waals surface area contributed by atoms with E-state index in [-0.39, 0.29) is 18.5 Å². The van der Waals surface area contributed by atoms with Crippen LogP contribution in [0.2, 0.25) is 0 Å². The fourth-order valence-electron chi connectivity index (χ4n) is 3.83. The molecule has 0 heterocycles. The van der Waals surface area contributed by atoms with Crippen molar-refractivity contribution in [3.63, 3.8) is 0 Å². The van der Waals surface area contributed by atoms with Gasteiger partial charge in [0.15, 0.2) is 0 Å². The normalized spacial score (nSPS) is 12.1. The number of carbonyl (C=O) groups excluding carboxylic acids is 1. The number of carbonyl (C=O) groups is 2. The largest absolute Gasteiger partial charge is 0.481 e. The van der Waals surface area contributed by atoms with Gasteiger partial charge >= 0.3 is 11.9 Å². The van der Waals surface area contributed by atoms with Gasteiger partial charge in [-0.3, -0.25) is 9.59 Å². The minimum atomic E-state index is -0.831. The Labute approximate surface area is 192 Å². The molecule has 0 bridgehead atoms. The summed E-state index contributed by atoms with van der Waals surface area (Å²) >= 11 is 0. The van der Waals surface area contributed by atoms with Crippen LogP contribution in [0.3, 0.4) is 0 Å². The summed E-state index contributed by atoms with van der Waals surface area (Å²) in [6.07, 6.45) is 23.1. The number of nitrogens with one attached hydrogen (secondary N) is 1. The molecule has 184 valence electrons. The van der Waals surface area contributed by atoms with Crippen molar-refractivity contribution in [2.45, 2.75) is 142 Å². The summed E-state index contributed by atoms with van der Waals surface area (Å²) in [5.41, 5.74) is 0. The van der Waals surface area contributed by atoms with E-state index in [4.69, 9.17) is 9.84 Å². The first-order chi connectivity index (χ1) is 15.1. The van der Waals surface area contributed by atoms with Crippen LogP contribution < -0.4 is 5.32 Å². The zero-order valence-electron chi connectivity index (χ0n) is 20.6. The molecule has 1 atom stereocenters. The quantitative estimate of drug-likeness (QED) is 0.124. The molecule has 0 aromatic rings. The molecule has 0 aliphatic rings. The van der Waals surface area contributed by atoms with E-state index in [0.717, 1.165) is 12.8 Å². The summed E-state index contributed by atoms with van der Waals surface area (Å²) in [5, 5.41) is 11.5. The van der Waals surface area contributed by atoms with Gasteiger partial charge in [-0.2, -0.15) is 0 Å². The van der Waals surface area contributed by atoms with E-state index in [2.05, 4.69) is 12.2 Å². The van der Waals surface area contributed by atoms with E-state index in [0.29, 0.717) is 19.5 Å². The second-order valence-electron chi connectivity index (χ2n) is 9.04. The third kappa shape index (κ3) is 25.0. The van der Waals surface area contributed by atoms with Gasteiger partial charge < -0.3 is 15.2 Å². The predicted octanol–water partition coefficient (Wildman–Crippen LogP) is 7.02. The van der Waals surface area contributed by atoms with Crippen LogP contribution in [0.1, 0.15) is 136 Å². The molecule has 0 fully saturated rings. The smallest absolute Gasteiger partial charge is 0.307 e. The van der Waals surface area contributed by atoms with Crippen molar-refractivity contribution >= 4 is 11.9 Å². The topological polar surface area (TPSA) is 75.6 Å². The molecule has 0 rings (SSSR count). The lowest BCUT2D eigenvalue weighted by molar-refractivity contribution is -0.148. The van der Waals surface area contributed by atoms with E-state index in [1.807, 2.05) is 6.92 Å². The highest BCUT2D eigenvalue weighted by Gasteiger charge is 2.09. The van der Waals surface area contributed by atoms with Gasteiger partial charge in [0.2, 0.25) is 0 Å². The Bertz CT molecular complexity index is 414. The Hall–Kier alpha value is -1.10. The maximum atomic E-state index is 11.7. The lowest BCUT2D eigenvalue weighted by Crippen LogP contribution is -2.23. The SMILES string of the molecule is CCCCCCCCCCCCCCCCCCC(C)OC(=O)CCNCCC(=O)O. The van der Waals surface area contributed by atoms with Crippen molar-refractivity contribution in [3.05, 3.63) is 0 Å². The maximum Gasteiger partial charge on any atom is 0.307 e. The first-order valence-corrected chi connectivity index (χ1v) is 13.2. The molecule has 0 saturated carbocycles. The minimum absolute atomic E-state index is 0.0295. The highest BCUT2D eigenvalue weighted by atomic mass is 16.5. The van der Waals surface area contributed by atoms with Crippen LogP contribution in [0, 0.1) is 0 Å². The number of carboxylic acids is 1. The molecule has 0 radical (unpaired) electrons. The van der Waals surface area contributed by atoms with Crippen LogP contribution in [0.5, 0.6) is 0 Å². The summed E-state index contributed by atoms with van der Waals surface area (Å²) in [7, 11) is 0. The van der Waals surface area contributed by atoms with Crippen LogP contribution in [-0.4, -0.2) is 36.2 Å². The number of ether oxygens (including phenoxy) is 1. The molecular weight excluding hydrogens is 390 g/mol. The van der Waals surface area contributed by atoms with Gasteiger partial charge in [-0.05, 0) is 19.8 Å². The molecule has 0 aromatic carbocycles. The highest BCUT2D eigenvalue weighted by Crippen LogP contribution is 2.14. The second kappa shape index (κ2) is 23.6.